The molecule has 0 bridgehead atoms. The van der Waals surface area contributed by atoms with Crippen LogP contribution in [0.5, 0.6) is 11.5 Å². The molecule has 12 heteroatoms. The van der Waals surface area contributed by atoms with Gasteiger partial charge in [0.05, 0.1) is 19.5 Å². The molecule has 0 aromatic heterocycles. The number of esters is 1. The molecule has 176 valence electrons. The standard InChI is InChI=1S/C19H26F3NO7S/c1-18(2)17(25)14(11-31(26,27)23-10-16(24)28-3)13-9-12(5-6-15(13)30-18)29-8-4-7-19(20,21)22/h5-6,9,14,17,23,25H,4,7-8,10-11H2,1-3H3/t14-,17+/m0/s1. The number of carbonyl (C=O) groups excluding carboxylic acids is 1. The van der Waals surface area contributed by atoms with Gasteiger partial charge in [-0.2, -0.15) is 13.2 Å². The molecule has 1 aliphatic rings. The largest absolute Gasteiger partial charge is 0.494 e. The molecule has 1 aromatic carbocycles. The Kier molecular flexibility index (Phi) is 7.82. The number of hydrogen-bond acceptors (Lipinski definition) is 7. The van der Waals surface area contributed by atoms with Crippen molar-refractivity contribution in [3.63, 3.8) is 0 Å². The first kappa shape index (κ1) is 25.2. The van der Waals surface area contributed by atoms with Gasteiger partial charge in [-0.3, -0.25) is 4.79 Å². The number of aliphatic hydroxyl groups excluding tert-OH is 1. The Morgan fingerprint density at radius 3 is 2.61 bits per heavy atom. The second kappa shape index (κ2) is 9.61. The first-order valence-electron chi connectivity index (χ1n) is 9.49. The van der Waals surface area contributed by atoms with Crippen molar-refractivity contribution in [2.45, 2.75) is 50.5 Å². The maximum absolute atomic E-state index is 12.5. The van der Waals surface area contributed by atoms with E-state index in [1.807, 2.05) is 0 Å². The lowest BCUT2D eigenvalue weighted by atomic mass is 9.82. The number of alkyl halides is 3. The molecule has 0 amide bonds. The van der Waals surface area contributed by atoms with E-state index < -0.39 is 58.5 Å². The number of sulfonamides is 1. The summed E-state index contributed by atoms with van der Waals surface area (Å²) in [4.78, 5) is 11.2. The summed E-state index contributed by atoms with van der Waals surface area (Å²) in [5.41, 5.74) is -0.770. The van der Waals surface area contributed by atoms with Crippen LogP contribution >= 0.6 is 0 Å². The molecular formula is C19H26F3NO7S. The van der Waals surface area contributed by atoms with Gasteiger partial charge in [-0.25, -0.2) is 13.1 Å². The quantitative estimate of drug-likeness (QED) is 0.421. The van der Waals surface area contributed by atoms with Gasteiger partial charge in [-0.1, -0.05) is 0 Å². The topological polar surface area (TPSA) is 111 Å². The van der Waals surface area contributed by atoms with E-state index in [1.54, 1.807) is 13.8 Å². The van der Waals surface area contributed by atoms with Crippen LogP contribution in [-0.4, -0.2) is 63.4 Å². The Morgan fingerprint density at radius 1 is 1.32 bits per heavy atom. The van der Waals surface area contributed by atoms with Crippen molar-refractivity contribution in [1.82, 2.24) is 4.72 Å². The SMILES string of the molecule is COC(=O)CNS(=O)(=O)C[C@H]1c2cc(OCCCC(F)(F)F)ccc2OC(C)(C)[C@@H]1O. The first-order chi connectivity index (χ1) is 14.2. The van der Waals surface area contributed by atoms with Crippen LogP contribution in [0.1, 0.15) is 38.2 Å². The van der Waals surface area contributed by atoms with Crippen molar-refractivity contribution < 1.29 is 45.7 Å². The van der Waals surface area contributed by atoms with E-state index in [2.05, 4.69) is 9.46 Å². The first-order valence-corrected chi connectivity index (χ1v) is 11.1. The average Bonchev–Trinajstić information content (AvgIpc) is 2.66. The van der Waals surface area contributed by atoms with Crippen molar-refractivity contribution in [3.05, 3.63) is 23.8 Å². The normalized spacial score (nSPS) is 20.5. The number of halogens is 3. The number of nitrogens with one attached hydrogen (secondary N) is 1. The van der Waals surface area contributed by atoms with Crippen LogP contribution < -0.4 is 14.2 Å². The molecule has 0 saturated carbocycles. The Morgan fingerprint density at radius 2 is 2.00 bits per heavy atom. The molecule has 8 nitrogen and oxygen atoms in total. The van der Waals surface area contributed by atoms with Gasteiger partial charge in [-0.15, -0.1) is 0 Å². The molecule has 0 aliphatic carbocycles. The van der Waals surface area contributed by atoms with E-state index in [0.29, 0.717) is 11.3 Å². The minimum Gasteiger partial charge on any atom is -0.494 e. The summed E-state index contributed by atoms with van der Waals surface area (Å²) in [5, 5.41) is 10.8. The number of fused-ring (bicyclic) bond motifs is 1. The van der Waals surface area contributed by atoms with Crippen molar-refractivity contribution >= 4 is 16.0 Å². The molecule has 0 radical (unpaired) electrons. The Bertz CT molecular complexity index is 887. The second-order valence-electron chi connectivity index (χ2n) is 7.70. The summed E-state index contributed by atoms with van der Waals surface area (Å²) in [5.74, 6) is -1.71. The lowest BCUT2D eigenvalue weighted by molar-refractivity contribution is -0.139. The fraction of sp³-hybridized carbons (Fsp3) is 0.632. The molecule has 31 heavy (non-hydrogen) atoms. The summed E-state index contributed by atoms with van der Waals surface area (Å²) in [6.45, 7) is 2.46. The van der Waals surface area contributed by atoms with Gasteiger partial charge in [0.2, 0.25) is 10.0 Å². The molecule has 0 fully saturated rings. The summed E-state index contributed by atoms with van der Waals surface area (Å²) in [7, 11) is -2.88. The van der Waals surface area contributed by atoms with Crippen molar-refractivity contribution in [1.29, 1.82) is 0 Å². The minimum absolute atomic E-state index is 0.184. The summed E-state index contributed by atoms with van der Waals surface area (Å²) in [6.07, 6.45) is -6.72. The predicted octanol–water partition coefficient (Wildman–Crippen LogP) is 2.12. The van der Waals surface area contributed by atoms with Gasteiger partial charge in [0.1, 0.15) is 29.7 Å². The number of aliphatic hydroxyl groups is 1. The molecule has 1 heterocycles. The third-order valence-corrected chi connectivity index (χ3v) is 6.17. The zero-order valence-corrected chi connectivity index (χ0v) is 18.2. The van der Waals surface area contributed by atoms with Crippen LogP contribution in [0.3, 0.4) is 0 Å². The van der Waals surface area contributed by atoms with E-state index >= 15 is 0 Å². The van der Waals surface area contributed by atoms with Crippen LogP contribution in [0.4, 0.5) is 13.2 Å². The molecule has 0 unspecified atom stereocenters. The fourth-order valence-corrected chi connectivity index (χ4v) is 4.47. The second-order valence-corrected chi connectivity index (χ2v) is 9.55. The highest BCUT2D eigenvalue weighted by Crippen LogP contribution is 2.43. The van der Waals surface area contributed by atoms with Crippen molar-refractivity contribution in [3.8, 4) is 11.5 Å². The highest BCUT2D eigenvalue weighted by atomic mass is 32.2. The molecule has 1 aromatic rings. The lowest BCUT2D eigenvalue weighted by Crippen LogP contribution is -2.51. The number of carbonyl (C=O) groups is 1. The number of ether oxygens (including phenoxy) is 3. The maximum Gasteiger partial charge on any atom is 0.389 e. The van der Waals surface area contributed by atoms with Crippen LogP contribution in [0.2, 0.25) is 0 Å². The van der Waals surface area contributed by atoms with Gasteiger partial charge in [-0.05, 0) is 38.5 Å². The Hall–Kier alpha value is -2.05. The molecule has 0 saturated heterocycles. The van der Waals surface area contributed by atoms with E-state index in [0.717, 1.165) is 7.11 Å². The van der Waals surface area contributed by atoms with Crippen LogP contribution in [0.25, 0.3) is 0 Å². The number of rotatable bonds is 9. The van der Waals surface area contributed by atoms with E-state index in [-0.39, 0.29) is 18.8 Å². The van der Waals surface area contributed by atoms with Gasteiger partial charge in [0.25, 0.3) is 0 Å². The monoisotopic (exact) mass is 469 g/mol. The van der Waals surface area contributed by atoms with Crippen LogP contribution in [0, 0.1) is 0 Å². The average molecular weight is 469 g/mol. The van der Waals surface area contributed by atoms with E-state index in [4.69, 9.17) is 9.47 Å². The Labute approximate surface area is 178 Å². The summed E-state index contributed by atoms with van der Waals surface area (Å²) in [6, 6.07) is 4.46. The van der Waals surface area contributed by atoms with Crippen molar-refractivity contribution in [2.24, 2.45) is 0 Å². The van der Waals surface area contributed by atoms with Gasteiger partial charge < -0.3 is 19.3 Å². The fourth-order valence-electron chi connectivity index (χ4n) is 3.18. The maximum atomic E-state index is 12.5. The zero-order chi connectivity index (χ0) is 23.4. The highest BCUT2D eigenvalue weighted by Gasteiger charge is 2.44. The van der Waals surface area contributed by atoms with Gasteiger partial charge in [0.15, 0.2) is 0 Å². The molecule has 2 rings (SSSR count). The number of benzene rings is 1. The molecule has 2 N–H and O–H groups in total. The third-order valence-electron chi connectivity index (χ3n) is 4.78. The predicted molar refractivity (Wildman–Crippen MR) is 104 cm³/mol. The van der Waals surface area contributed by atoms with E-state index in [1.165, 1.54) is 18.2 Å². The third kappa shape index (κ3) is 7.25. The smallest absolute Gasteiger partial charge is 0.389 e. The van der Waals surface area contributed by atoms with Crippen LogP contribution in [0.15, 0.2) is 18.2 Å². The molecular weight excluding hydrogens is 443 g/mol. The number of methoxy groups -OCH3 is 1. The Balaban J connectivity index is 2.21. The van der Waals surface area contributed by atoms with Gasteiger partial charge in [0, 0.05) is 17.9 Å². The number of hydrogen-bond donors (Lipinski definition) is 2. The van der Waals surface area contributed by atoms with E-state index in [9.17, 15) is 31.5 Å². The highest BCUT2D eigenvalue weighted by molar-refractivity contribution is 7.89. The van der Waals surface area contributed by atoms with Crippen LogP contribution in [-0.2, 0) is 19.6 Å². The molecule has 2 atom stereocenters. The molecule has 0 spiro atoms. The lowest BCUT2D eigenvalue weighted by Gasteiger charge is -2.42. The summed E-state index contributed by atoms with van der Waals surface area (Å²) >= 11 is 0. The summed E-state index contributed by atoms with van der Waals surface area (Å²) < 4.78 is 79.4. The minimum atomic E-state index is -4.28. The molecule has 1 aliphatic heterocycles. The van der Waals surface area contributed by atoms with Crippen molar-refractivity contribution in [2.75, 3.05) is 26.0 Å². The van der Waals surface area contributed by atoms with Gasteiger partial charge >= 0.3 is 12.1 Å². The zero-order valence-electron chi connectivity index (χ0n) is 17.4.